The number of amides is 1. The van der Waals surface area contributed by atoms with Gasteiger partial charge in [-0.05, 0) is 0 Å². The lowest BCUT2D eigenvalue weighted by Crippen LogP contribution is -2.15. The second kappa shape index (κ2) is 4.65. The van der Waals surface area contributed by atoms with Crippen molar-refractivity contribution in [3.8, 4) is 0 Å². The maximum Gasteiger partial charge on any atom is 0.312 e. The summed E-state index contributed by atoms with van der Waals surface area (Å²) in [4.78, 5) is 35.8. The fraction of sp³-hybridized carbons (Fsp3) is 0.250. The number of thiazole rings is 1. The number of rotatable bonds is 4. The molecule has 0 unspecified atom stereocenters. The highest BCUT2D eigenvalue weighted by atomic mass is 32.1. The lowest BCUT2D eigenvalue weighted by Gasteiger charge is -1.96. The summed E-state index contributed by atoms with van der Waals surface area (Å²) in [6, 6.07) is 0. The van der Waals surface area contributed by atoms with Gasteiger partial charge in [0.1, 0.15) is 12.1 Å². The first-order valence-corrected chi connectivity index (χ1v) is 4.85. The van der Waals surface area contributed by atoms with Crippen LogP contribution in [0.1, 0.15) is 23.8 Å². The number of ketones is 1. The van der Waals surface area contributed by atoms with E-state index in [0.29, 0.717) is 0 Å². The van der Waals surface area contributed by atoms with E-state index in [1.54, 1.807) is 0 Å². The molecule has 1 rings (SSSR count). The highest BCUT2D eigenvalue weighted by molar-refractivity contribution is 7.14. The lowest BCUT2D eigenvalue weighted by atomic mass is 10.4. The minimum atomic E-state index is -1.21. The zero-order valence-corrected chi connectivity index (χ0v) is 8.63. The zero-order valence-electron chi connectivity index (χ0n) is 7.81. The predicted octanol–water partition coefficient (Wildman–Crippen LogP) is 0.759. The van der Waals surface area contributed by atoms with Crippen LogP contribution in [-0.2, 0) is 9.59 Å². The summed E-state index contributed by atoms with van der Waals surface area (Å²) in [5.41, 5.74) is 0.255. The molecule has 0 aliphatic carbocycles. The van der Waals surface area contributed by atoms with Gasteiger partial charge in [-0.1, -0.05) is 0 Å². The summed E-state index contributed by atoms with van der Waals surface area (Å²) in [5.74, 6) is -2.08. The highest BCUT2D eigenvalue weighted by Gasteiger charge is 2.11. The Balaban J connectivity index is 2.61. The van der Waals surface area contributed by atoms with Crippen molar-refractivity contribution in [2.45, 2.75) is 13.3 Å². The molecule has 0 saturated heterocycles. The predicted molar refractivity (Wildman–Crippen MR) is 53.0 cm³/mol. The van der Waals surface area contributed by atoms with E-state index in [0.717, 1.165) is 11.3 Å². The van der Waals surface area contributed by atoms with Gasteiger partial charge >= 0.3 is 5.97 Å². The molecular formula is C8H8N2O4S. The molecular weight excluding hydrogens is 220 g/mol. The van der Waals surface area contributed by atoms with E-state index >= 15 is 0 Å². The maximum atomic E-state index is 11.0. The molecule has 80 valence electrons. The van der Waals surface area contributed by atoms with Crippen LogP contribution in [0.3, 0.4) is 0 Å². The third-order valence-electron chi connectivity index (χ3n) is 1.42. The van der Waals surface area contributed by atoms with E-state index in [-0.39, 0.29) is 16.6 Å². The first-order chi connectivity index (χ1) is 6.99. The molecule has 1 aromatic heterocycles. The number of aromatic nitrogens is 1. The Bertz CT molecular complexity index is 413. The molecule has 0 spiro atoms. The van der Waals surface area contributed by atoms with Gasteiger partial charge in [-0.2, -0.15) is 0 Å². The van der Waals surface area contributed by atoms with E-state index in [4.69, 9.17) is 5.11 Å². The average molecular weight is 228 g/mol. The number of carbonyl (C=O) groups excluding carboxylic acids is 2. The van der Waals surface area contributed by atoms with Gasteiger partial charge in [0.2, 0.25) is 5.91 Å². The molecule has 1 aromatic rings. The monoisotopic (exact) mass is 228 g/mol. The first-order valence-electron chi connectivity index (χ1n) is 3.97. The van der Waals surface area contributed by atoms with Gasteiger partial charge in [0, 0.05) is 12.3 Å². The SMILES string of the molecule is CC(=O)c1csc(NC(=O)CC(=O)O)n1. The second-order valence-corrected chi connectivity index (χ2v) is 3.57. The molecule has 0 fully saturated rings. The van der Waals surface area contributed by atoms with E-state index in [9.17, 15) is 14.4 Å². The number of carboxylic acids is 1. The standard InChI is InChI=1S/C8H8N2O4S/c1-4(11)5-3-15-8(9-5)10-6(12)2-7(13)14/h3H,2H2,1H3,(H,13,14)(H,9,10,12). The lowest BCUT2D eigenvalue weighted by molar-refractivity contribution is -0.139. The molecule has 2 N–H and O–H groups in total. The zero-order chi connectivity index (χ0) is 11.4. The molecule has 0 aliphatic heterocycles. The maximum absolute atomic E-state index is 11.0. The molecule has 1 heterocycles. The van der Waals surface area contributed by atoms with Crippen molar-refractivity contribution in [1.29, 1.82) is 0 Å². The Morgan fingerprint density at radius 3 is 2.67 bits per heavy atom. The Kier molecular flexibility index (Phi) is 3.51. The largest absolute Gasteiger partial charge is 0.481 e. The number of hydrogen-bond acceptors (Lipinski definition) is 5. The minimum Gasteiger partial charge on any atom is -0.481 e. The molecule has 0 aromatic carbocycles. The molecule has 6 nitrogen and oxygen atoms in total. The summed E-state index contributed by atoms with van der Waals surface area (Å²) in [5, 5.41) is 12.3. The van der Waals surface area contributed by atoms with Crippen molar-refractivity contribution in [3.05, 3.63) is 11.1 Å². The van der Waals surface area contributed by atoms with Gasteiger partial charge in [0.05, 0.1) is 0 Å². The number of carbonyl (C=O) groups is 3. The summed E-state index contributed by atoms with van der Waals surface area (Å²) >= 11 is 1.08. The van der Waals surface area contributed by atoms with E-state index in [2.05, 4.69) is 10.3 Å². The Morgan fingerprint density at radius 1 is 1.53 bits per heavy atom. The number of nitrogens with one attached hydrogen (secondary N) is 1. The van der Waals surface area contributed by atoms with Gasteiger partial charge < -0.3 is 10.4 Å². The molecule has 0 saturated carbocycles. The summed E-state index contributed by atoms with van der Waals surface area (Å²) in [7, 11) is 0. The van der Waals surface area contributed by atoms with Crippen LogP contribution in [0.25, 0.3) is 0 Å². The molecule has 0 radical (unpaired) electrons. The van der Waals surface area contributed by atoms with E-state index in [1.807, 2.05) is 0 Å². The van der Waals surface area contributed by atoms with Crippen LogP contribution in [0.5, 0.6) is 0 Å². The number of carboxylic acid groups (broad SMARTS) is 1. The minimum absolute atomic E-state index is 0.204. The van der Waals surface area contributed by atoms with Crippen LogP contribution >= 0.6 is 11.3 Å². The normalized spacial score (nSPS) is 9.67. The van der Waals surface area contributed by atoms with Crippen LogP contribution in [0.2, 0.25) is 0 Å². The molecule has 0 bridgehead atoms. The van der Waals surface area contributed by atoms with Gasteiger partial charge in [-0.15, -0.1) is 11.3 Å². The third kappa shape index (κ3) is 3.47. The number of anilines is 1. The summed E-state index contributed by atoms with van der Waals surface area (Å²) in [6.45, 7) is 1.36. The first kappa shape index (κ1) is 11.3. The van der Waals surface area contributed by atoms with Crippen LogP contribution < -0.4 is 5.32 Å². The van der Waals surface area contributed by atoms with Crippen LogP contribution in [0.15, 0.2) is 5.38 Å². The fourth-order valence-corrected chi connectivity index (χ4v) is 1.56. The van der Waals surface area contributed by atoms with Gasteiger partial charge in [0.15, 0.2) is 10.9 Å². The smallest absolute Gasteiger partial charge is 0.312 e. The van der Waals surface area contributed by atoms with Crippen molar-refractivity contribution in [2.24, 2.45) is 0 Å². The number of aliphatic carboxylic acids is 1. The molecule has 7 heteroatoms. The van der Waals surface area contributed by atoms with Crippen molar-refractivity contribution in [3.63, 3.8) is 0 Å². The number of Topliss-reactive ketones (excluding diaryl/α,β-unsaturated/α-hetero) is 1. The number of hydrogen-bond donors (Lipinski definition) is 2. The van der Waals surface area contributed by atoms with Crippen molar-refractivity contribution >= 4 is 34.1 Å². The number of nitrogens with zero attached hydrogens (tertiary/aromatic N) is 1. The molecule has 15 heavy (non-hydrogen) atoms. The summed E-state index contributed by atoms with van der Waals surface area (Å²) < 4.78 is 0. The molecule has 1 amide bonds. The van der Waals surface area contributed by atoms with E-state index in [1.165, 1.54) is 12.3 Å². The van der Waals surface area contributed by atoms with Crippen LogP contribution in [-0.4, -0.2) is 27.8 Å². The van der Waals surface area contributed by atoms with Gasteiger partial charge in [0.25, 0.3) is 0 Å². The van der Waals surface area contributed by atoms with Crippen molar-refractivity contribution in [1.82, 2.24) is 4.98 Å². The molecule has 0 aliphatic rings. The average Bonchev–Trinajstić information content (AvgIpc) is 2.50. The third-order valence-corrected chi connectivity index (χ3v) is 2.18. The van der Waals surface area contributed by atoms with Crippen LogP contribution in [0.4, 0.5) is 5.13 Å². The molecule has 0 atom stereocenters. The highest BCUT2D eigenvalue weighted by Crippen LogP contribution is 2.15. The Labute approximate surface area is 88.9 Å². The Hall–Kier alpha value is -1.76. The van der Waals surface area contributed by atoms with Gasteiger partial charge in [-0.3, -0.25) is 14.4 Å². The van der Waals surface area contributed by atoms with Crippen molar-refractivity contribution < 1.29 is 19.5 Å². The fourth-order valence-electron chi connectivity index (χ4n) is 0.794. The summed E-state index contributed by atoms with van der Waals surface area (Å²) in [6.07, 6.45) is -0.616. The Morgan fingerprint density at radius 2 is 2.20 bits per heavy atom. The topological polar surface area (TPSA) is 96.4 Å². The second-order valence-electron chi connectivity index (χ2n) is 2.71. The van der Waals surface area contributed by atoms with Gasteiger partial charge in [-0.25, -0.2) is 4.98 Å². The van der Waals surface area contributed by atoms with E-state index < -0.39 is 18.3 Å². The van der Waals surface area contributed by atoms with Crippen LogP contribution in [0, 0.1) is 0 Å². The quantitative estimate of drug-likeness (QED) is 0.585. The van der Waals surface area contributed by atoms with Crippen molar-refractivity contribution in [2.75, 3.05) is 5.32 Å².